The van der Waals surface area contributed by atoms with Crippen molar-refractivity contribution in [2.24, 2.45) is 0 Å². The van der Waals surface area contributed by atoms with E-state index in [1.807, 2.05) is 6.92 Å². The topological polar surface area (TPSA) is 25.8 Å². The van der Waals surface area contributed by atoms with Crippen molar-refractivity contribution in [2.45, 2.75) is 13.8 Å². The number of aromatic nitrogens is 2. The summed E-state index contributed by atoms with van der Waals surface area (Å²) in [5.74, 6) is 0. The minimum atomic E-state index is 0.974. The van der Waals surface area contributed by atoms with E-state index in [0.29, 0.717) is 0 Å². The van der Waals surface area contributed by atoms with Crippen molar-refractivity contribution in [3.05, 3.63) is 23.4 Å². The van der Waals surface area contributed by atoms with Crippen LogP contribution in [0, 0.1) is 13.8 Å². The first-order chi connectivity index (χ1) is 8.41. The summed E-state index contributed by atoms with van der Waals surface area (Å²) in [6.45, 7) is 4.13. The SMILES string of the molecule is Bc1nc(-c2ccc(C)c(C)n2)c(B)c(B)c1B. The summed E-state index contributed by atoms with van der Waals surface area (Å²) in [7, 11) is 8.47. The Morgan fingerprint density at radius 1 is 0.833 bits per heavy atom. The van der Waals surface area contributed by atoms with E-state index < -0.39 is 0 Å². The average molecular weight is 232 g/mol. The molecule has 0 saturated heterocycles. The maximum Gasteiger partial charge on any atom is 0.163 e. The Bertz CT molecular complexity index is 626. The predicted octanol–water partition coefficient (Wildman–Crippen LogP) is -4.21. The van der Waals surface area contributed by atoms with E-state index in [1.54, 1.807) is 0 Å². The third-order valence-corrected chi connectivity index (χ3v) is 3.90. The Morgan fingerprint density at radius 3 is 2.11 bits per heavy atom. The van der Waals surface area contributed by atoms with E-state index in [2.05, 4.69) is 55.4 Å². The molecular weight excluding hydrogens is 215 g/mol. The van der Waals surface area contributed by atoms with Crippen LogP contribution in [0.4, 0.5) is 0 Å². The van der Waals surface area contributed by atoms with Crippen LogP contribution in [0.5, 0.6) is 0 Å². The molecule has 0 aliphatic heterocycles. The van der Waals surface area contributed by atoms with Crippen LogP contribution in [0.25, 0.3) is 11.4 Å². The number of pyridine rings is 2. The van der Waals surface area contributed by atoms with Gasteiger partial charge in [0.1, 0.15) is 23.5 Å². The maximum absolute atomic E-state index is 4.71. The fourth-order valence-corrected chi connectivity index (χ4v) is 2.08. The van der Waals surface area contributed by atoms with Crippen LogP contribution in [-0.4, -0.2) is 41.4 Å². The van der Waals surface area contributed by atoms with Gasteiger partial charge in [0.25, 0.3) is 0 Å². The van der Waals surface area contributed by atoms with E-state index >= 15 is 0 Å². The molecule has 0 aliphatic rings. The van der Waals surface area contributed by atoms with Gasteiger partial charge in [-0.1, -0.05) is 22.5 Å². The van der Waals surface area contributed by atoms with Crippen molar-refractivity contribution in [1.82, 2.24) is 9.97 Å². The number of hydrogen-bond acceptors (Lipinski definition) is 2. The van der Waals surface area contributed by atoms with Gasteiger partial charge in [-0.05, 0) is 31.1 Å². The van der Waals surface area contributed by atoms with Crippen LogP contribution in [0.3, 0.4) is 0 Å². The van der Waals surface area contributed by atoms with Gasteiger partial charge in [-0.2, -0.15) is 0 Å². The fourth-order valence-electron chi connectivity index (χ4n) is 2.08. The summed E-state index contributed by atoms with van der Waals surface area (Å²) in [5.41, 5.74) is 9.20. The molecule has 2 aromatic heterocycles. The van der Waals surface area contributed by atoms with E-state index in [1.165, 1.54) is 22.0 Å². The van der Waals surface area contributed by atoms with Crippen LogP contribution in [0.1, 0.15) is 11.3 Å². The Kier molecular flexibility index (Phi) is 3.38. The number of rotatable bonds is 1. The van der Waals surface area contributed by atoms with Gasteiger partial charge in [-0.25, -0.2) is 0 Å². The van der Waals surface area contributed by atoms with Gasteiger partial charge in [-0.3, -0.25) is 9.97 Å². The summed E-state index contributed by atoms with van der Waals surface area (Å²) in [5, 5.41) is 0. The highest BCUT2D eigenvalue weighted by Crippen LogP contribution is 2.13. The van der Waals surface area contributed by atoms with Gasteiger partial charge in [0, 0.05) is 5.69 Å². The Morgan fingerprint density at radius 2 is 1.50 bits per heavy atom. The number of aryl methyl sites for hydroxylation is 2. The van der Waals surface area contributed by atoms with Gasteiger partial charge in [0.05, 0.1) is 11.4 Å². The quantitative estimate of drug-likeness (QED) is 0.465. The Labute approximate surface area is 112 Å². The van der Waals surface area contributed by atoms with Crippen molar-refractivity contribution in [3.63, 3.8) is 0 Å². The molecule has 0 bridgehead atoms. The zero-order valence-electron chi connectivity index (χ0n) is 12.0. The third kappa shape index (κ3) is 2.12. The third-order valence-electron chi connectivity index (χ3n) is 3.90. The molecule has 0 amide bonds. The first-order valence-corrected chi connectivity index (χ1v) is 6.31. The molecule has 0 atom stereocenters. The molecule has 0 saturated carbocycles. The van der Waals surface area contributed by atoms with Gasteiger partial charge in [0.15, 0.2) is 7.85 Å². The van der Waals surface area contributed by atoms with Crippen molar-refractivity contribution in [1.29, 1.82) is 0 Å². The lowest BCUT2D eigenvalue weighted by Crippen LogP contribution is -2.49. The monoisotopic (exact) mass is 232 g/mol. The fraction of sp³-hybridized carbons (Fsp3) is 0.167. The second kappa shape index (κ2) is 4.68. The Balaban J connectivity index is 2.67. The zero-order chi connectivity index (χ0) is 13.4. The van der Waals surface area contributed by atoms with Crippen LogP contribution in [0.15, 0.2) is 12.1 Å². The van der Waals surface area contributed by atoms with Gasteiger partial charge >= 0.3 is 0 Å². The molecule has 2 rings (SSSR count). The van der Waals surface area contributed by atoms with Crippen LogP contribution < -0.4 is 22.0 Å². The normalized spacial score (nSPS) is 10.6. The smallest absolute Gasteiger partial charge is 0.163 e. The highest BCUT2D eigenvalue weighted by Gasteiger charge is 2.11. The average Bonchev–Trinajstić information content (AvgIpc) is 2.35. The molecule has 0 spiro atoms. The molecular formula is C12H16B4N2. The van der Waals surface area contributed by atoms with Gasteiger partial charge < -0.3 is 0 Å². The van der Waals surface area contributed by atoms with E-state index in [4.69, 9.17) is 4.98 Å². The first kappa shape index (κ1) is 13.0. The van der Waals surface area contributed by atoms with Crippen molar-refractivity contribution >= 4 is 53.4 Å². The summed E-state index contributed by atoms with van der Waals surface area (Å²) >= 11 is 0. The standard InChI is InChI=1S/C12H16B4N2/c1-5-3-4-7(17-6(5)2)11-9(14)8(13)10(15)12(16)18-11/h3-4H,13-16H2,1-2H3. The van der Waals surface area contributed by atoms with Crippen LogP contribution >= 0.6 is 0 Å². The Hall–Kier alpha value is -1.44. The molecule has 0 N–H and O–H groups in total. The van der Waals surface area contributed by atoms with Crippen LogP contribution in [-0.2, 0) is 0 Å². The zero-order valence-corrected chi connectivity index (χ0v) is 12.0. The molecule has 0 fully saturated rings. The van der Waals surface area contributed by atoms with Gasteiger partial charge in [0.2, 0.25) is 0 Å². The summed E-state index contributed by atoms with van der Waals surface area (Å²) in [6.07, 6.45) is 0. The molecule has 0 aliphatic carbocycles. The second-order valence-corrected chi connectivity index (χ2v) is 5.02. The van der Waals surface area contributed by atoms with E-state index in [9.17, 15) is 0 Å². The first-order valence-electron chi connectivity index (χ1n) is 6.31. The number of hydrogen-bond donors (Lipinski definition) is 0. The number of nitrogens with zero attached hydrogens (tertiary/aromatic N) is 2. The largest absolute Gasteiger partial charge is 0.263 e. The molecule has 6 heteroatoms. The molecule has 2 aromatic rings. The molecule has 86 valence electrons. The van der Waals surface area contributed by atoms with Crippen molar-refractivity contribution in [3.8, 4) is 11.4 Å². The van der Waals surface area contributed by atoms with Crippen molar-refractivity contribution < 1.29 is 0 Å². The lowest BCUT2D eigenvalue weighted by molar-refractivity contribution is 1.15. The summed E-state index contributed by atoms with van der Waals surface area (Å²) in [4.78, 5) is 9.36. The molecule has 2 heterocycles. The lowest BCUT2D eigenvalue weighted by atomic mass is 9.68. The molecule has 18 heavy (non-hydrogen) atoms. The second-order valence-electron chi connectivity index (χ2n) is 5.02. The van der Waals surface area contributed by atoms with Crippen molar-refractivity contribution in [2.75, 3.05) is 0 Å². The lowest BCUT2D eigenvalue weighted by Gasteiger charge is -2.14. The molecule has 0 radical (unpaired) electrons. The summed E-state index contributed by atoms with van der Waals surface area (Å²) < 4.78 is 0. The molecule has 0 unspecified atom stereocenters. The maximum atomic E-state index is 4.71. The van der Waals surface area contributed by atoms with E-state index in [0.717, 1.165) is 22.7 Å². The highest BCUT2D eigenvalue weighted by molar-refractivity contribution is 6.62. The van der Waals surface area contributed by atoms with Crippen LogP contribution in [0.2, 0.25) is 0 Å². The predicted molar refractivity (Wildman–Crippen MR) is 89.7 cm³/mol. The minimum Gasteiger partial charge on any atom is -0.263 e. The summed E-state index contributed by atoms with van der Waals surface area (Å²) in [6, 6.07) is 4.18. The molecule has 0 aromatic carbocycles. The van der Waals surface area contributed by atoms with Gasteiger partial charge in [-0.15, -0.1) is 0 Å². The minimum absolute atomic E-state index is 0.974. The molecule has 2 nitrogen and oxygen atoms in total. The highest BCUT2D eigenvalue weighted by atomic mass is 14.8. The van der Waals surface area contributed by atoms with E-state index in [-0.39, 0.29) is 0 Å².